The minimum atomic E-state index is -0.120. The molecule has 5 heteroatoms. The van der Waals surface area contributed by atoms with Gasteiger partial charge in [-0.3, -0.25) is 4.79 Å². The van der Waals surface area contributed by atoms with Crippen molar-refractivity contribution in [3.8, 4) is 11.5 Å². The van der Waals surface area contributed by atoms with Gasteiger partial charge < -0.3 is 20.1 Å². The Morgan fingerprint density at radius 1 is 1.35 bits per heavy atom. The molecule has 2 atom stereocenters. The van der Waals surface area contributed by atoms with E-state index in [-0.39, 0.29) is 17.9 Å². The highest BCUT2D eigenvalue weighted by molar-refractivity contribution is 5.79. The molecule has 3 rings (SSSR count). The molecule has 1 unspecified atom stereocenters. The van der Waals surface area contributed by atoms with Crippen molar-refractivity contribution in [2.24, 2.45) is 5.92 Å². The van der Waals surface area contributed by atoms with Gasteiger partial charge in [0, 0.05) is 6.54 Å². The van der Waals surface area contributed by atoms with Gasteiger partial charge in [0.2, 0.25) is 5.91 Å². The second-order valence-corrected chi connectivity index (χ2v) is 5.29. The van der Waals surface area contributed by atoms with E-state index in [1.54, 1.807) is 0 Å². The molecule has 0 aromatic heterocycles. The molecule has 0 spiro atoms. The fourth-order valence-electron chi connectivity index (χ4n) is 2.60. The van der Waals surface area contributed by atoms with Crippen LogP contribution < -0.4 is 20.1 Å². The number of para-hydroxylation sites is 2. The summed E-state index contributed by atoms with van der Waals surface area (Å²) in [5.41, 5.74) is 0. The van der Waals surface area contributed by atoms with Crippen LogP contribution in [0.3, 0.4) is 0 Å². The van der Waals surface area contributed by atoms with E-state index in [1.807, 2.05) is 24.3 Å². The fourth-order valence-corrected chi connectivity index (χ4v) is 2.60. The van der Waals surface area contributed by atoms with Crippen LogP contribution in [0, 0.1) is 5.92 Å². The summed E-state index contributed by atoms with van der Waals surface area (Å²) in [5, 5.41) is 6.22. The average molecular weight is 276 g/mol. The van der Waals surface area contributed by atoms with Gasteiger partial charge in [0.15, 0.2) is 11.5 Å². The molecule has 2 N–H and O–H groups in total. The lowest BCUT2D eigenvalue weighted by Gasteiger charge is -2.28. The first-order valence-corrected chi connectivity index (χ1v) is 7.20. The van der Waals surface area contributed by atoms with Gasteiger partial charge in [0.25, 0.3) is 0 Å². The van der Waals surface area contributed by atoms with E-state index >= 15 is 0 Å². The maximum absolute atomic E-state index is 12.0. The normalized spacial score (nSPS) is 25.0. The maximum Gasteiger partial charge on any atom is 0.224 e. The highest BCUT2D eigenvalue weighted by Gasteiger charge is 2.24. The summed E-state index contributed by atoms with van der Waals surface area (Å²) in [6.07, 6.45) is 1.91. The van der Waals surface area contributed by atoms with Crippen molar-refractivity contribution in [2.75, 3.05) is 26.2 Å². The highest BCUT2D eigenvalue weighted by Crippen LogP contribution is 2.30. The van der Waals surface area contributed by atoms with Crippen LogP contribution in [-0.2, 0) is 4.79 Å². The summed E-state index contributed by atoms with van der Waals surface area (Å²) in [6, 6.07) is 7.60. The van der Waals surface area contributed by atoms with E-state index in [1.165, 1.54) is 0 Å². The Morgan fingerprint density at radius 2 is 2.20 bits per heavy atom. The molecule has 0 radical (unpaired) electrons. The molecule has 1 saturated heterocycles. The van der Waals surface area contributed by atoms with Gasteiger partial charge in [-0.15, -0.1) is 0 Å². The van der Waals surface area contributed by atoms with Crippen molar-refractivity contribution < 1.29 is 14.3 Å². The standard InChI is InChI=1S/C15H20N2O3/c18-15(11-4-3-7-16-8-11)17-9-12-10-19-13-5-1-2-6-14(13)20-12/h1-2,5-6,11-12,16H,3-4,7-10H2,(H,17,18)/t11-,12?/m0/s1. The number of carbonyl (C=O) groups excluding carboxylic acids is 1. The van der Waals surface area contributed by atoms with Gasteiger partial charge in [0.1, 0.15) is 12.7 Å². The number of benzene rings is 1. The zero-order valence-electron chi connectivity index (χ0n) is 11.4. The Morgan fingerprint density at radius 3 is 3.00 bits per heavy atom. The van der Waals surface area contributed by atoms with E-state index < -0.39 is 0 Å². The van der Waals surface area contributed by atoms with E-state index in [0.29, 0.717) is 13.2 Å². The smallest absolute Gasteiger partial charge is 0.224 e. The van der Waals surface area contributed by atoms with Crippen LogP contribution in [-0.4, -0.2) is 38.3 Å². The Balaban J connectivity index is 1.49. The lowest BCUT2D eigenvalue weighted by molar-refractivity contribution is -0.126. The van der Waals surface area contributed by atoms with Crippen molar-refractivity contribution in [1.29, 1.82) is 0 Å². The average Bonchev–Trinajstić information content (AvgIpc) is 2.53. The third-order valence-corrected chi connectivity index (χ3v) is 3.74. The summed E-state index contributed by atoms with van der Waals surface area (Å²) in [6.45, 7) is 2.75. The molecule has 1 fully saturated rings. The Bertz CT molecular complexity index is 472. The first-order chi connectivity index (χ1) is 9.83. The summed E-state index contributed by atoms with van der Waals surface area (Å²) in [7, 11) is 0. The van der Waals surface area contributed by atoms with Gasteiger partial charge >= 0.3 is 0 Å². The fraction of sp³-hybridized carbons (Fsp3) is 0.533. The molecule has 1 amide bonds. The second kappa shape index (κ2) is 6.13. The molecule has 5 nitrogen and oxygen atoms in total. The number of fused-ring (bicyclic) bond motifs is 1. The van der Waals surface area contributed by atoms with Crippen LogP contribution >= 0.6 is 0 Å². The lowest BCUT2D eigenvalue weighted by Crippen LogP contribution is -2.45. The first kappa shape index (κ1) is 13.2. The SMILES string of the molecule is O=C(NCC1COc2ccccc2O1)[C@H]1CCCNC1. The number of hydrogen-bond donors (Lipinski definition) is 2. The zero-order chi connectivity index (χ0) is 13.8. The first-order valence-electron chi connectivity index (χ1n) is 7.20. The zero-order valence-corrected chi connectivity index (χ0v) is 11.4. The van der Waals surface area contributed by atoms with Gasteiger partial charge in [-0.2, -0.15) is 0 Å². The molecule has 2 heterocycles. The van der Waals surface area contributed by atoms with Crippen molar-refractivity contribution in [3.05, 3.63) is 24.3 Å². The number of rotatable bonds is 3. The van der Waals surface area contributed by atoms with Gasteiger partial charge in [-0.25, -0.2) is 0 Å². The third kappa shape index (κ3) is 3.04. The van der Waals surface area contributed by atoms with Crippen LogP contribution in [0.5, 0.6) is 11.5 Å². The van der Waals surface area contributed by atoms with Crippen LogP contribution in [0.1, 0.15) is 12.8 Å². The molecule has 20 heavy (non-hydrogen) atoms. The molecule has 108 valence electrons. The summed E-state index contributed by atoms with van der Waals surface area (Å²) in [5.74, 6) is 1.71. The minimum absolute atomic E-state index is 0.0838. The summed E-state index contributed by atoms with van der Waals surface area (Å²) >= 11 is 0. The molecule has 2 aliphatic rings. The predicted molar refractivity (Wildman–Crippen MR) is 75.0 cm³/mol. The van der Waals surface area contributed by atoms with Crippen molar-refractivity contribution in [2.45, 2.75) is 18.9 Å². The van der Waals surface area contributed by atoms with Crippen molar-refractivity contribution >= 4 is 5.91 Å². The van der Waals surface area contributed by atoms with Crippen LogP contribution in [0.25, 0.3) is 0 Å². The quantitative estimate of drug-likeness (QED) is 0.862. The van der Waals surface area contributed by atoms with Gasteiger partial charge in [-0.05, 0) is 31.5 Å². The Kier molecular flexibility index (Phi) is 4.06. The van der Waals surface area contributed by atoms with Crippen LogP contribution in [0.2, 0.25) is 0 Å². The van der Waals surface area contributed by atoms with Crippen molar-refractivity contribution in [3.63, 3.8) is 0 Å². The number of carbonyl (C=O) groups is 1. The number of amides is 1. The molecular formula is C15H20N2O3. The Hall–Kier alpha value is -1.75. The van der Waals surface area contributed by atoms with Gasteiger partial charge in [0.05, 0.1) is 12.5 Å². The van der Waals surface area contributed by atoms with Gasteiger partial charge in [-0.1, -0.05) is 12.1 Å². The monoisotopic (exact) mass is 276 g/mol. The predicted octanol–water partition coefficient (Wildman–Crippen LogP) is 0.942. The van der Waals surface area contributed by atoms with E-state index in [4.69, 9.17) is 9.47 Å². The molecule has 2 aliphatic heterocycles. The van der Waals surface area contributed by atoms with Crippen molar-refractivity contribution in [1.82, 2.24) is 10.6 Å². The minimum Gasteiger partial charge on any atom is -0.486 e. The van der Waals surface area contributed by atoms with Crippen LogP contribution in [0.15, 0.2) is 24.3 Å². The molecule has 0 saturated carbocycles. The maximum atomic E-state index is 12.0. The molecule has 1 aromatic rings. The van der Waals surface area contributed by atoms with E-state index in [2.05, 4.69) is 10.6 Å². The molecule has 0 bridgehead atoms. The molecule has 1 aromatic carbocycles. The highest BCUT2D eigenvalue weighted by atomic mass is 16.6. The Labute approximate surface area is 118 Å². The lowest BCUT2D eigenvalue weighted by atomic mass is 9.99. The van der Waals surface area contributed by atoms with E-state index in [0.717, 1.165) is 37.4 Å². The second-order valence-electron chi connectivity index (χ2n) is 5.29. The molecular weight excluding hydrogens is 256 g/mol. The largest absolute Gasteiger partial charge is 0.486 e. The summed E-state index contributed by atoms with van der Waals surface area (Å²) in [4.78, 5) is 12.0. The topological polar surface area (TPSA) is 59.6 Å². The summed E-state index contributed by atoms with van der Waals surface area (Å²) < 4.78 is 11.4. The number of ether oxygens (including phenoxy) is 2. The molecule has 0 aliphatic carbocycles. The number of nitrogens with one attached hydrogen (secondary N) is 2. The number of hydrogen-bond acceptors (Lipinski definition) is 4. The number of piperidine rings is 1. The third-order valence-electron chi connectivity index (χ3n) is 3.74. The van der Waals surface area contributed by atoms with E-state index in [9.17, 15) is 4.79 Å². The van der Waals surface area contributed by atoms with Crippen LogP contribution in [0.4, 0.5) is 0 Å².